The van der Waals surface area contributed by atoms with E-state index >= 15 is 0 Å². The summed E-state index contributed by atoms with van der Waals surface area (Å²) >= 11 is 0. The molecule has 12 heavy (non-hydrogen) atoms. The van der Waals surface area contributed by atoms with Crippen molar-refractivity contribution in [1.82, 2.24) is 0 Å². The number of rotatable bonds is 2. The fraction of sp³-hybridized carbons (Fsp3) is 1.00. The van der Waals surface area contributed by atoms with E-state index < -0.39 is 0 Å². The minimum Gasteiger partial charge on any atom is -0.373 e. The van der Waals surface area contributed by atoms with Crippen molar-refractivity contribution in [2.45, 2.75) is 50.4 Å². The van der Waals surface area contributed by atoms with Crippen LogP contribution in [0.4, 0.5) is 0 Å². The maximum atomic E-state index is 5.66. The van der Waals surface area contributed by atoms with Gasteiger partial charge in [0.2, 0.25) is 0 Å². The summed E-state index contributed by atoms with van der Waals surface area (Å²) in [6.07, 6.45) is 6.40. The molecule has 2 heterocycles. The van der Waals surface area contributed by atoms with Crippen LogP contribution in [0.5, 0.6) is 0 Å². The van der Waals surface area contributed by atoms with Crippen molar-refractivity contribution in [1.29, 1.82) is 0 Å². The predicted molar refractivity (Wildman–Crippen MR) is 45.0 cm³/mol. The Labute approximate surface area is 73.2 Å². The molecule has 4 atom stereocenters. The van der Waals surface area contributed by atoms with E-state index in [4.69, 9.17) is 9.47 Å². The lowest BCUT2D eigenvalue weighted by Crippen LogP contribution is -2.22. The average Bonchev–Trinajstić information content (AvgIpc) is 2.87. The zero-order chi connectivity index (χ0) is 8.18. The van der Waals surface area contributed by atoms with Gasteiger partial charge >= 0.3 is 0 Å². The molecule has 0 spiro atoms. The van der Waals surface area contributed by atoms with Gasteiger partial charge in [0.25, 0.3) is 0 Å². The second-order valence-electron chi connectivity index (χ2n) is 4.75. The van der Waals surface area contributed by atoms with Crippen LogP contribution in [0, 0.1) is 5.92 Å². The van der Waals surface area contributed by atoms with Gasteiger partial charge in [0, 0.05) is 0 Å². The van der Waals surface area contributed by atoms with Crippen LogP contribution in [0.1, 0.15) is 32.6 Å². The van der Waals surface area contributed by atoms with Crippen LogP contribution in [-0.4, -0.2) is 24.4 Å². The average molecular weight is 168 g/mol. The molecular formula is C10H16O2. The number of hydrogen-bond donors (Lipinski definition) is 0. The molecule has 4 unspecified atom stereocenters. The van der Waals surface area contributed by atoms with Crippen LogP contribution in [-0.2, 0) is 9.47 Å². The van der Waals surface area contributed by atoms with Gasteiger partial charge in [-0.05, 0) is 38.5 Å². The van der Waals surface area contributed by atoms with Crippen molar-refractivity contribution < 1.29 is 9.47 Å². The van der Waals surface area contributed by atoms with Gasteiger partial charge in [-0.1, -0.05) is 0 Å². The lowest BCUT2D eigenvalue weighted by atomic mass is 9.81. The van der Waals surface area contributed by atoms with E-state index in [2.05, 4.69) is 6.92 Å². The lowest BCUT2D eigenvalue weighted by molar-refractivity contribution is 0.286. The van der Waals surface area contributed by atoms with Crippen molar-refractivity contribution in [3.63, 3.8) is 0 Å². The van der Waals surface area contributed by atoms with E-state index in [1.54, 1.807) is 0 Å². The molecular weight excluding hydrogens is 152 g/mol. The molecule has 0 aromatic heterocycles. The fourth-order valence-electron chi connectivity index (χ4n) is 2.51. The van der Waals surface area contributed by atoms with Crippen LogP contribution in [0.3, 0.4) is 0 Å². The Morgan fingerprint density at radius 2 is 2.33 bits per heavy atom. The maximum absolute atomic E-state index is 5.66. The molecule has 0 amide bonds. The standard InChI is InChI=1S/C10H16O2/c1-10-3-2-7(4-8-6-11-8)5-9(10)12-10/h7-9H,2-6H2,1H3. The minimum atomic E-state index is 0.293. The Morgan fingerprint density at radius 3 is 3.00 bits per heavy atom. The first-order valence-corrected chi connectivity index (χ1v) is 5.06. The molecule has 1 aliphatic carbocycles. The molecule has 3 rings (SSSR count). The van der Waals surface area contributed by atoms with Gasteiger partial charge < -0.3 is 9.47 Å². The summed E-state index contributed by atoms with van der Waals surface area (Å²) in [5.41, 5.74) is 0.293. The van der Waals surface area contributed by atoms with Gasteiger partial charge in [-0.2, -0.15) is 0 Å². The summed E-state index contributed by atoms with van der Waals surface area (Å²) in [5.74, 6) is 0.887. The molecule has 3 fully saturated rings. The van der Waals surface area contributed by atoms with Crippen LogP contribution in [0.15, 0.2) is 0 Å². The van der Waals surface area contributed by atoms with Gasteiger partial charge in [-0.25, -0.2) is 0 Å². The molecule has 2 heteroatoms. The molecule has 2 saturated heterocycles. The Kier molecular flexibility index (Phi) is 1.37. The van der Waals surface area contributed by atoms with E-state index in [1.165, 1.54) is 25.7 Å². The van der Waals surface area contributed by atoms with Gasteiger partial charge in [0.15, 0.2) is 0 Å². The highest BCUT2D eigenvalue weighted by molar-refractivity contribution is 5.03. The summed E-state index contributed by atoms with van der Waals surface area (Å²) in [7, 11) is 0. The normalized spacial score (nSPS) is 56.2. The third-order valence-electron chi connectivity index (χ3n) is 3.63. The van der Waals surface area contributed by atoms with E-state index in [1.807, 2.05) is 0 Å². The van der Waals surface area contributed by atoms with Gasteiger partial charge in [-0.15, -0.1) is 0 Å². The highest BCUT2D eigenvalue weighted by atomic mass is 16.6. The topological polar surface area (TPSA) is 25.1 Å². The van der Waals surface area contributed by atoms with Crippen molar-refractivity contribution in [3.8, 4) is 0 Å². The monoisotopic (exact) mass is 168 g/mol. The molecule has 0 radical (unpaired) electrons. The Balaban J connectivity index is 1.55. The fourth-order valence-corrected chi connectivity index (χ4v) is 2.51. The molecule has 0 bridgehead atoms. The smallest absolute Gasteiger partial charge is 0.0920 e. The van der Waals surface area contributed by atoms with Crippen molar-refractivity contribution >= 4 is 0 Å². The summed E-state index contributed by atoms with van der Waals surface area (Å²) < 4.78 is 10.9. The molecule has 68 valence electrons. The van der Waals surface area contributed by atoms with Crippen LogP contribution in [0.2, 0.25) is 0 Å². The third-order valence-corrected chi connectivity index (χ3v) is 3.63. The largest absolute Gasteiger partial charge is 0.373 e. The summed E-state index contributed by atoms with van der Waals surface area (Å²) in [6, 6.07) is 0. The first kappa shape index (κ1) is 7.34. The Morgan fingerprint density at radius 1 is 1.50 bits per heavy atom. The van der Waals surface area contributed by atoms with Crippen molar-refractivity contribution in [2.24, 2.45) is 5.92 Å². The van der Waals surface area contributed by atoms with Crippen LogP contribution in [0.25, 0.3) is 0 Å². The third kappa shape index (κ3) is 1.17. The number of hydrogen-bond acceptors (Lipinski definition) is 2. The maximum Gasteiger partial charge on any atom is 0.0920 e. The summed E-state index contributed by atoms with van der Waals surface area (Å²) in [5, 5.41) is 0. The summed E-state index contributed by atoms with van der Waals surface area (Å²) in [4.78, 5) is 0. The first-order valence-electron chi connectivity index (χ1n) is 5.06. The lowest BCUT2D eigenvalue weighted by Gasteiger charge is -2.21. The number of ether oxygens (including phenoxy) is 2. The SMILES string of the molecule is CC12CCC(CC3CO3)CC1O2. The quantitative estimate of drug-likeness (QED) is 0.587. The number of fused-ring (bicyclic) bond motifs is 1. The van der Waals surface area contributed by atoms with Crippen molar-refractivity contribution in [3.05, 3.63) is 0 Å². The van der Waals surface area contributed by atoms with Gasteiger partial charge in [-0.3, -0.25) is 0 Å². The van der Waals surface area contributed by atoms with E-state index in [9.17, 15) is 0 Å². The molecule has 1 saturated carbocycles. The van der Waals surface area contributed by atoms with E-state index in [0.29, 0.717) is 17.8 Å². The molecule has 2 nitrogen and oxygen atoms in total. The second-order valence-corrected chi connectivity index (χ2v) is 4.75. The van der Waals surface area contributed by atoms with Gasteiger partial charge in [0.1, 0.15) is 0 Å². The van der Waals surface area contributed by atoms with Crippen LogP contribution < -0.4 is 0 Å². The second kappa shape index (κ2) is 2.24. The molecule has 3 aliphatic rings. The van der Waals surface area contributed by atoms with Crippen LogP contribution >= 0.6 is 0 Å². The molecule has 0 aromatic carbocycles. The molecule has 0 N–H and O–H groups in total. The minimum absolute atomic E-state index is 0.293. The summed E-state index contributed by atoms with van der Waals surface area (Å²) in [6.45, 7) is 3.26. The predicted octanol–water partition coefficient (Wildman–Crippen LogP) is 1.73. The highest BCUT2D eigenvalue weighted by Crippen LogP contribution is 2.50. The molecule has 0 aromatic rings. The zero-order valence-electron chi connectivity index (χ0n) is 7.58. The van der Waals surface area contributed by atoms with Gasteiger partial charge in [0.05, 0.1) is 24.4 Å². The van der Waals surface area contributed by atoms with E-state index in [0.717, 1.165) is 12.5 Å². The first-order chi connectivity index (χ1) is 5.76. The number of epoxide rings is 2. The Bertz CT molecular complexity index is 200. The van der Waals surface area contributed by atoms with E-state index in [-0.39, 0.29) is 0 Å². The molecule has 2 aliphatic heterocycles. The Hall–Kier alpha value is -0.0800. The zero-order valence-corrected chi connectivity index (χ0v) is 7.58. The van der Waals surface area contributed by atoms with Crippen molar-refractivity contribution in [2.75, 3.05) is 6.61 Å². The highest BCUT2D eigenvalue weighted by Gasteiger charge is 2.55.